The Morgan fingerprint density at radius 3 is 2.59 bits per heavy atom. The monoisotopic (exact) mass is 236 g/mol. The molecule has 17 heavy (non-hydrogen) atoms. The lowest BCUT2D eigenvalue weighted by atomic mass is 9.98. The largest absolute Gasteiger partial charge is 0.342 e. The second kappa shape index (κ2) is 4.60. The summed E-state index contributed by atoms with van der Waals surface area (Å²) in [6.45, 7) is 1.93. The number of nitrogens with two attached hydrogens (primary N) is 1. The highest BCUT2D eigenvalue weighted by Gasteiger charge is 2.42. The fourth-order valence-electron chi connectivity index (χ4n) is 4.10. The second-order valence-corrected chi connectivity index (χ2v) is 6.32. The lowest BCUT2D eigenvalue weighted by Crippen LogP contribution is -2.34. The third-order valence-corrected chi connectivity index (χ3v) is 5.20. The summed E-state index contributed by atoms with van der Waals surface area (Å²) < 4.78 is 0. The van der Waals surface area contributed by atoms with E-state index in [4.69, 9.17) is 5.73 Å². The molecule has 2 saturated carbocycles. The van der Waals surface area contributed by atoms with Gasteiger partial charge in [-0.2, -0.15) is 0 Å². The van der Waals surface area contributed by atoms with E-state index >= 15 is 0 Å². The number of fused-ring (bicyclic) bond motifs is 1. The minimum absolute atomic E-state index is 0.351. The van der Waals surface area contributed by atoms with Crippen molar-refractivity contribution < 1.29 is 4.79 Å². The smallest absolute Gasteiger partial charge is 0.222 e. The number of likely N-dealkylation sites (tertiary alicyclic amines) is 1. The van der Waals surface area contributed by atoms with Gasteiger partial charge in [0.2, 0.25) is 5.91 Å². The Morgan fingerprint density at radius 1 is 1.12 bits per heavy atom. The summed E-state index contributed by atoms with van der Waals surface area (Å²) in [6, 6.07) is 0.351. The van der Waals surface area contributed by atoms with Gasteiger partial charge in [0.05, 0.1) is 0 Å². The van der Waals surface area contributed by atoms with Crippen LogP contribution in [0.1, 0.15) is 44.9 Å². The van der Waals surface area contributed by atoms with Crippen LogP contribution in [0, 0.1) is 17.8 Å². The first-order valence-corrected chi connectivity index (χ1v) is 7.27. The van der Waals surface area contributed by atoms with Crippen molar-refractivity contribution in [3.05, 3.63) is 0 Å². The van der Waals surface area contributed by atoms with E-state index in [1.807, 2.05) is 0 Å². The maximum absolute atomic E-state index is 12.2. The maximum Gasteiger partial charge on any atom is 0.222 e. The average molecular weight is 236 g/mol. The molecule has 1 saturated heterocycles. The predicted molar refractivity (Wildman–Crippen MR) is 67.3 cm³/mol. The topological polar surface area (TPSA) is 46.3 Å². The number of amides is 1. The van der Waals surface area contributed by atoms with E-state index in [1.165, 1.54) is 38.5 Å². The molecule has 96 valence electrons. The Labute approximate surface area is 104 Å². The van der Waals surface area contributed by atoms with Crippen molar-refractivity contribution in [2.45, 2.75) is 51.0 Å². The van der Waals surface area contributed by atoms with E-state index < -0.39 is 0 Å². The molecule has 3 nitrogen and oxygen atoms in total. The van der Waals surface area contributed by atoms with Gasteiger partial charge in [0.25, 0.3) is 0 Å². The molecule has 0 aromatic heterocycles. The van der Waals surface area contributed by atoms with Crippen LogP contribution >= 0.6 is 0 Å². The van der Waals surface area contributed by atoms with Gasteiger partial charge in [-0.3, -0.25) is 4.79 Å². The van der Waals surface area contributed by atoms with E-state index in [0.29, 0.717) is 29.7 Å². The molecular formula is C14H24N2O. The van der Waals surface area contributed by atoms with Crippen LogP contribution < -0.4 is 5.73 Å². The van der Waals surface area contributed by atoms with Crippen LogP contribution in [0.25, 0.3) is 0 Å². The van der Waals surface area contributed by atoms with E-state index in [9.17, 15) is 4.79 Å². The Bertz CT molecular complexity index is 299. The van der Waals surface area contributed by atoms with Crippen LogP contribution in [0.3, 0.4) is 0 Å². The summed E-state index contributed by atoms with van der Waals surface area (Å²) in [5.41, 5.74) is 6.11. The van der Waals surface area contributed by atoms with E-state index in [0.717, 1.165) is 19.5 Å². The minimum atomic E-state index is 0.351. The molecule has 0 bridgehead atoms. The van der Waals surface area contributed by atoms with Crippen molar-refractivity contribution in [2.24, 2.45) is 23.5 Å². The van der Waals surface area contributed by atoms with Gasteiger partial charge in [0, 0.05) is 25.6 Å². The number of carbonyl (C=O) groups excluding carboxylic acids is 1. The molecule has 3 fully saturated rings. The van der Waals surface area contributed by atoms with Gasteiger partial charge in [-0.15, -0.1) is 0 Å². The number of hydrogen-bond donors (Lipinski definition) is 1. The standard InChI is InChI=1S/C14H24N2O/c15-13-6-5-11-8-16(9-12(11)13)14(17)7-10-3-1-2-4-10/h10-13H,1-9,15H2. The summed E-state index contributed by atoms with van der Waals surface area (Å²) in [4.78, 5) is 14.3. The van der Waals surface area contributed by atoms with Crippen LogP contribution in [0.4, 0.5) is 0 Å². The molecule has 3 atom stereocenters. The first kappa shape index (κ1) is 11.5. The summed E-state index contributed by atoms with van der Waals surface area (Å²) in [5, 5.41) is 0. The van der Waals surface area contributed by atoms with Crippen LogP contribution in [-0.2, 0) is 4.79 Å². The molecule has 1 heterocycles. The highest BCUT2D eigenvalue weighted by Crippen LogP contribution is 2.38. The Hall–Kier alpha value is -0.570. The lowest BCUT2D eigenvalue weighted by molar-refractivity contribution is -0.131. The molecule has 3 heteroatoms. The summed E-state index contributed by atoms with van der Waals surface area (Å²) in [7, 11) is 0. The van der Waals surface area contributed by atoms with Gasteiger partial charge in [-0.1, -0.05) is 12.8 Å². The minimum Gasteiger partial charge on any atom is -0.342 e. The predicted octanol–water partition coefficient (Wildman–Crippen LogP) is 1.76. The quantitative estimate of drug-likeness (QED) is 0.794. The number of rotatable bonds is 2. The van der Waals surface area contributed by atoms with Gasteiger partial charge in [-0.25, -0.2) is 0 Å². The van der Waals surface area contributed by atoms with Crippen LogP contribution in [0.5, 0.6) is 0 Å². The second-order valence-electron chi connectivity index (χ2n) is 6.32. The SMILES string of the molecule is NC1CCC2CN(C(=O)CC3CCCC3)CC12. The molecule has 2 aliphatic carbocycles. The Kier molecular flexibility index (Phi) is 3.12. The van der Waals surface area contributed by atoms with E-state index in [2.05, 4.69) is 4.90 Å². The van der Waals surface area contributed by atoms with E-state index in [1.54, 1.807) is 0 Å². The third kappa shape index (κ3) is 2.22. The zero-order valence-corrected chi connectivity index (χ0v) is 10.6. The molecule has 3 rings (SSSR count). The van der Waals surface area contributed by atoms with E-state index in [-0.39, 0.29) is 0 Å². The molecule has 3 unspecified atom stereocenters. The van der Waals surface area contributed by atoms with Crippen molar-refractivity contribution in [1.82, 2.24) is 4.90 Å². The van der Waals surface area contributed by atoms with Crippen molar-refractivity contribution in [3.8, 4) is 0 Å². The van der Waals surface area contributed by atoms with Gasteiger partial charge in [0.1, 0.15) is 0 Å². The average Bonchev–Trinajstić information content (AvgIpc) is 2.97. The molecule has 3 aliphatic rings. The highest BCUT2D eigenvalue weighted by molar-refractivity contribution is 5.76. The fraction of sp³-hybridized carbons (Fsp3) is 0.929. The number of hydrogen-bond acceptors (Lipinski definition) is 2. The van der Waals surface area contributed by atoms with Crippen LogP contribution in [-0.4, -0.2) is 29.9 Å². The van der Waals surface area contributed by atoms with Crippen LogP contribution in [0.15, 0.2) is 0 Å². The normalized spacial score (nSPS) is 37.7. The molecule has 0 radical (unpaired) electrons. The zero-order chi connectivity index (χ0) is 11.8. The summed E-state index contributed by atoms with van der Waals surface area (Å²) >= 11 is 0. The number of nitrogens with zero attached hydrogens (tertiary/aromatic N) is 1. The highest BCUT2D eigenvalue weighted by atomic mass is 16.2. The van der Waals surface area contributed by atoms with Gasteiger partial charge >= 0.3 is 0 Å². The lowest BCUT2D eigenvalue weighted by Gasteiger charge is -2.20. The molecule has 1 amide bonds. The van der Waals surface area contributed by atoms with Crippen molar-refractivity contribution in [2.75, 3.05) is 13.1 Å². The van der Waals surface area contributed by atoms with Crippen molar-refractivity contribution in [1.29, 1.82) is 0 Å². The fourth-order valence-corrected chi connectivity index (χ4v) is 4.10. The van der Waals surface area contributed by atoms with Gasteiger partial charge in [-0.05, 0) is 43.4 Å². The van der Waals surface area contributed by atoms with Gasteiger partial charge in [0.15, 0.2) is 0 Å². The maximum atomic E-state index is 12.2. The third-order valence-electron chi connectivity index (χ3n) is 5.20. The molecule has 1 aliphatic heterocycles. The molecule has 0 aromatic carbocycles. The molecule has 0 spiro atoms. The van der Waals surface area contributed by atoms with Gasteiger partial charge < -0.3 is 10.6 Å². The zero-order valence-electron chi connectivity index (χ0n) is 10.6. The first-order chi connectivity index (χ1) is 8.24. The molecular weight excluding hydrogens is 212 g/mol. The Morgan fingerprint density at radius 2 is 1.88 bits per heavy atom. The summed E-state index contributed by atoms with van der Waals surface area (Å²) in [5.74, 6) is 2.38. The van der Waals surface area contributed by atoms with Crippen molar-refractivity contribution >= 4 is 5.91 Å². The number of carbonyl (C=O) groups is 1. The Balaban J connectivity index is 1.53. The molecule has 2 N–H and O–H groups in total. The summed E-state index contributed by atoms with van der Waals surface area (Å²) in [6.07, 6.45) is 8.40. The van der Waals surface area contributed by atoms with Crippen LogP contribution in [0.2, 0.25) is 0 Å². The van der Waals surface area contributed by atoms with Crippen molar-refractivity contribution in [3.63, 3.8) is 0 Å². The molecule has 0 aromatic rings. The first-order valence-electron chi connectivity index (χ1n) is 7.27.